The molecule has 51 heavy (non-hydrogen) atoms. The number of rotatable bonds is 11. The van der Waals surface area contributed by atoms with Crippen molar-refractivity contribution in [3.8, 4) is 11.5 Å². The fourth-order valence-electron chi connectivity index (χ4n) is 6.20. The molecular formula is C37H45N7O7. The number of nitrogens with zero attached hydrogens (tertiary/aromatic N) is 3. The van der Waals surface area contributed by atoms with Crippen LogP contribution in [0.5, 0.6) is 11.5 Å². The average Bonchev–Trinajstić information content (AvgIpc) is 3.12. The maximum Gasteiger partial charge on any atom is 0.413 e. The number of ether oxygens (including phenoxy) is 2. The van der Waals surface area contributed by atoms with Crippen LogP contribution < -0.4 is 35.6 Å². The fraction of sp³-hybridized carbons (Fsp3) is 0.378. The maximum absolute atomic E-state index is 12.8. The van der Waals surface area contributed by atoms with Crippen LogP contribution in [0.3, 0.4) is 0 Å². The van der Waals surface area contributed by atoms with Crippen molar-refractivity contribution in [1.82, 2.24) is 20.4 Å². The Morgan fingerprint density at radius 2 is 1.53 bits per heavy atom. The second kappa shape index (κ2) is 16.9. The van der Waals surface area contributed by atoms with Gasteiger partial charge in [-0.05, 0) is 80.4 Å². The van der Waals surface area contributed by atoms with Gasteiger partial charge in [0.1, 0.15) is 18.1 Å². The van der Waals surface area contributed by atoms with Gasteiger partial charge in [-0.2, -0.15) is 0 Å². The summed E-state index contributed by atoms with van der Waals surface area (Å²) in [5.74, 6) is 0.595. The van der Waals surface area contributed by atoms with Gasteiger partial charge in [-0.1, -0.05) is 25.1 Å². The summed E-state index contributed by atoms with van der Waals surface area (Å²) >= 11 is 0. The molecule has 6 amide bonds. The van der Waals surface area contributed by atoms with E-state index in [1.54, 1.807) is 58.3 Å². The predicted molar refractivity (Wildman–Crippen MR) is 193 cm³/mol. The van der Waals surface area contributed by atoms with Crippen molar-refractivity contribution in [3.05, 3.63) is 78.4 Å². The number of benzene rings is 3. The zero-order valence-corrected chi connectivity index (χ0v) is 29.3. The zero-order chi connectivity index (χ0) is 36.5. The molecule has 3 aromatic carbocycles. The minimum atomic E-state index is -0.638. The minimum Gasteiger partial charge on any atom is -0.492 e. The van der Waals surface area contributed by atoms with Gasteiger partial charge < -0.3 is 40.5 Å². The monoisotopic (exact) mass is 699 g/mol. The van der Waals surface area contributed by atoms with Crippen molar-refractivity contribution in [3.63, 3.8) is 0 Å². The molecule has 0 aliphatic carbocycles. The second-order valence-corrected chi connectivity index (χ2v) is 12.6. The van der Waals surface area contributed by atoms with Crippen molar-refractivity contribution < 1.29 is 33.4 Å². The van der Waals surface area contributed by atoms with E-state index in [1.165, 1.54) is 0 Å². The second-order valence-electron chi connectivity index (χ2n) is 12.6. The van der Waals surface area contributed by atoms with E-state index in [4.69, 9.17) is 9.47 Å². The summed E-state index contributed by atoms with van der Waals surface area (Å²) in [6, 6.07) is 19.5. The highest BCUT2D eigenvalue weighted by Crippen LogP contribution is 2.37. The number of amides is 6. The van der Waals surface area contributed by atoms with Crippen LogP contribution in [0, 0.1) is 0 Å². The molecule has 0 saturated carbocycles. The molecule has 1 saturated heterocycles. The van der Waals surface area contributed by atoms with Gasteiger partial charge in [-0.15, -0.1) is 0 Å². The van der Waals surface area contributed by atoms with Crippen molar-refractivity contribution in [2.24, 2.45) is 0 Å². The Hall–Kier alpha value is -5.63. The molecule has 0 aromatic heterocycles. The highest BCUT2D eigenvalue weighted by Gasteiger charge is 2.34. The molecule has 270 valence electrons. The van der Waals surface area contributed by atoms with E-state index in [1.807, 2.05) is 52.1 Å². The highest BCUT2D eigenvalue weighted by atomic mass is 16.6. The molecule has 5 rings (SSSR count). The van der Waals surface area contributed by atoms with Gasteiger partial charge >= 0.3 is 12.1 Å². The molecular weight excluding hydrogens is 654 g/mol. The first-order valence-electron chi connectivity index (χ1n) is 17.1. The van der Waals surface area contributed by atoms with Crippen LogP contribution in [0.25, 0.3) is 0 Å². The van der Waals surface area contributed by atoms with E-state index < -0.39 is 18.0 Å². The van der Waals surface area contributed by atoms with E-state index in [2.05, 4.69) is 26.2 Å². The first kappa shape index (κ1) is 36.6. The number of hydrogen-bond acceptors (Lipinski definition) is 8. The smallest absolute Gasteiger partial charge is 0.413 e. The summed E-state index contributed by atoms with van der Waals surface area (Å²) in [4.78, 5) is 68.0. The molecule has 14 nitrogen and oxygen atoms in total. The molecule has 1 fully saturated rings. The van der Waals surface area contributed by atoms with Crippen molar-refractivity contribution in [2.45, 2.75) is 51.7 Å². The number of carbonyl (C=O) groups excluding carboxylic acids is 5. The van der Waals surface area contributed by atoms with Crippen LogP contribution in [0.4, 0.5) is 26.7 Å². The summed E-state index contributed by atoms with van der Waals surface area (Å²) in [6.45, 7) is 7.95. The van der Waals surface area contributed by atoms with Gasteiger partial charge in [0.25, 0.3) is 0 Å². The number of likely N-dealkylation sites (N-methyl/N-ethyl adjacent to an activating group) is 1. The molecule has 2 aliphatic heterocycles. The normalized spacial score (nSPS) is 18.7. The van der Waals surface area contributed by atoms with Crippen molar-refractivity contribution in [2.75, 3.05) is 55.4 Å². The Morgan fingerprint density at radius 3 is 2.24 bits per heavy atom. The number of nitrogens with one attached hydrogen (secondary N) is 4. The Morgan fingerprint density at radius 1 is 0.863 bits per heavy atom. The number of urea groups is 1. The molecule has 0 bridgehead atoms. The summed E-state index contributed by atoms with van der Waals surface area (Å²) in [5, 5.41) is 10.8. The fourth-order valence-corrected chi connectivity index (χ4v) is 6.20. The van der Waals surface area contributed by atoms with Crippen LogP contribution >= 0.6 is 0 Å². The molecule has 3 aromatic rings. The summed E-state index contributed by atoms with van der Waals surface area (Å²) < 4.78 is 11.3. The lowest BCUT2D eigenvalue weighted by molar-refractivity contribution is -0.139. The van der Waals surface area contributed by atoms with E-state index >= 15 is 0 Å². The van der Waals surface area contributed by atoms with Crippen molar-refractivity contribution in [1.29, 1.82) is 0 Å². The Kier molecular flexibility index (Phi) is 12.1. The Bertz CT molecular complexity index is 1720. The first-order valence-corrected chi connectivity index (χ1v) is 17.1. The van der Waals surface area contributed by atoms with Gasteiger partial charge in [0.2, 0.25) is 17.7 Å². The number of para-hydroxylation sites is 1. The molecule has 14 heteroatoms. The third-order valence-electron chi connectivity index (χ3n) is 8.97. The molecule has 3 atom stereocenters. The van der Waals surface area contributed by atoms with Crippen LogP contribution in [0.1, 0.15) is 45.2 Å². The number of carbonyl (C=O) groups is 5. The van der Waals surface area contributed by atoms with Gasteiger partial charge in [-0.25, -0.2) is 9.59 Å². The van der Waals surface area contributed by atoms with Gasteiger partial charge in [0.15, 0.2) is 0 Å². The van der Waals surface area contributed by atoms with E-state index in [9.17, 15) is 24.0 Å². The maximum atomic E-state index is 12.8. The Balaban J connectivity index is 1.01. The minimum absolute atomic E-state index is 0.0271. The lowest BCUT2D eigenvalue weighted by Crippen LogP contribution is -2.55. The third-order valence-corrected chi connectivity index (χ3v) is 8.97. The highest BCUT2D eigenvalue weighted by molar-refractivity contribution is 5.97. The zero-order valence-electron chi connectivity index (χ0n) is 29.3. The van der Waals surface area contributed by atoms with Gasteiger partial charge in [0, 0.05) is 56.2 Å². The van der Waals surface area contributed by atoms with Crippen LogP contribution in [0.2, 0.25) is 0 Å². The number of fused-ring (bicyclic) bond motifs is 1. The Labute approximate surface area is 297 Å². The summed E-state index contributed by atoms with van der Waals surface area (Å²) in [6.07, 6.45) is 0.289. The number of anilines is 3. The standard InChI is InChI=1S/C37H45N7O7/c1-5-34(46)44-24(2)22-31(30-8-6-7-9-32(30)44)41-37(49)51-29-16-12-26(13-17-29)39-33(45)23-38-36(48)40-27-10-14-28(15-11-27)50-21-20-43-19-18-42(4)35(47)25(43)3/h6-17,24-25,31H,5,18-23H2,1-4H3,(H,39,45)(H,41,49)(H2,38,40,48)/t24-,25+,31+/m0/s1. The molecule has 2 heterocycles. The summed E-state index contributed by atoms with van der Waals surface area (Å²) in [5.41, 5.74) is 2.60. The lowest BCUT2D eigenvalue weighted by Gasteiger charge is -2.39. The van der Waals surface area contributed by atoms with E-state index in [0.717, 1.165) is 17.8 Å². The van der Waals surface area contributed by atoms with Gasteiger partial charge in [-0.3, -0.25) is 19.3 Å². The SMILES string of the molecule is CCC(=O)N1c2ccccc2[C@H](NC(=O)Oc2ccc(NC(=O)CNC(=O)Nc3ccc(OCCN4CCN(C)C(=O)[C@H]4C)cc3)cc2)C[C@@H]1C. The van der Waals surface area contributed by atoms with Crippen LogP contribution in [0.15, 0.2) is 72.8 Å². The van der Waals surface area contributed by atoms with Crippen molar-refractivity contribution >= 4 is 46.9 Å². The average molecular weight is 700 g/mol. The topological polar surface area (TPSA) is 162 Å². The molecule has 4 N–H and O–H groups in total. The number of piperazine rings is 1. The lowest BCUT2D eigenvalue weighted by atomic mass is 9.91. The molecule has 2 aliphatic rings. The quantitative estimate of drug-likeness (QED) is 0.230. The van der Waals surface area contributed by atoms with E-state index in [-0.39, 0.29) is 42.2 Å². The first-order chi connectivity index (χ1) is 24.5. The molecule has 0 spiro atoms. The number of hydrogen-bond donors (Lipinski definition) is 4. The predicted octanol–water partition coefficient (Wildman–Crippen LogP) is 4.35. The van der Waals surface area contributed by atoms with Crippen LogP contribution in [-0.2, 0) is 14.4 Å². The van der Waals surface area contributed by atoms with Crippen LogP contribution in [-0.4, -0.2) is 91.6 Å². The summed E-state index contributed by atoms with van der Waals surface area (Å²) in [7, 11) is 1.81. The largest absolute Gasteiger partial charge is 0.492 e. The molecule has 0 radical (unpaired) electrons. The molecule has 0 unspecified atom stereocenters. The van der Waals surface area contributed by atoms with Gasteiger partial charge in [0.05, 0.1) is 18.6 Å². The third kappa shape index (κ3) is 9.54. The van der Waals surface area contributed by atoms with E-state index in [0.29, 0.717) is 49.7 Å².